The molecule has 0 saturated carbocycles. The maximum Gasteiger partial charge on any atom is 0.231 e. The molecule has 0 atom stereocenters. The first kappa shape index (κ1) is 16.1. The van der Waals surface area contributed by atoms with Crippen LogP contribution >= 0.6 is 0 Å². The summed E-state index contributed by atoms with van der Waals surface area (Å²) in [6.07, 6.45) is 1.89. The molecule has 2 heterocycles. The molecule has 0 radical (unpaired) electrons. The Balaban J connectivity index is 1.52. The second-order valence-electron chi connectivity index (χ2n) is 6.45. The van der Waals surface area contributed by atoms with Gasteiger partial charge in [-0.1, -0.05) is 13.8 Å². The first-order chi connectivity index (χ1) is 11.2. The Labute approximate surface area is 138 Å². The molecule has 1 aromatic carbocycles. The van der Waals surface area contributed by atoms with Gasteiger partial charge in [-0.25, -0.2) is 0 Å². The largest absolute Gasteiger partial charge is 0.454 e. The van der Waals surface area contributed by atoms with Crippen molar-refractivity contribution in [1.29, 1.82) is 0 Å². The van der Waals surface area contributed by atoms with Crippen molar-refractivity contribution >= 4 is 5.91 Å². The lowest BCUT2D eigenvalue weighted by molar-refractivity contribution is -0.917. The van der Waals surface area contributed by atoms with Crippen molar-refractivity contribution in [2.45, 2.75) is 33.2 Å². The second kappa shape index (κ2) is 7.21. The average molecular weight is 319 g/mol. The van der Waals surface area contributed by atoms with Crippen LogP contribution in [-0.2, 0) is 11.3 Å². The van der Waals surface area contributed by atoms with Gasteiger partial charge in [0, 0.05) is 11.5 Å². The van der Waals surface area contributed by atoms with Crippen LogP contribution in [0.2, 0.25) is 0 Å². The first-order valence-electron chi connectivity index (χ1n) is 8.72. The van der Waals surface area contributed by atoms with Gasteiger partial charge in [-0.15, -0.1) is 0 Å². The topological polar surface area (TPSA) is 43.2 Å². The molecule has 23 heavy (non-hydrogen) atoms. The van der Waals surface area contributed by atoms with Crippen molar-refractivity contribution in [3.63, 3.8) is 0 Å². The first-order valence-corrected chi connectivity index (χ1v) is 8.72. The van der Waals surface area contributed by atoms with E-state index in [1.54, 1.807) is 0 Å². The molecule has 1 amide bonds. The highest BCUT2D eigenvalue weighted by Crippen LogP contribution is 2.32. The number of fused-ring (bicyclic) bond motifs is 1. The fourth-order valence-corrected chi connectivity index (χ4v) is 3.46. The number of rotatable bonds is 5. The molecule has 1 fully saturated rings. The molecule has 0 spiro atoms. The highest BCUT2D eigenvalue weighted by atomic mass is 16.7. The van der Waals surface area contributed by atoms with Crippen LogP contribution < -0.4 is 14.4 Å². The minimum Gasteiger partial charge on any atom is -0.454 e. The SMILES string of the molecule is CCC(CC)C(=O)N1CC[NH+](Cc2ccc3c(c2)OCO3)CC1. The maximum atomic E-state index is 12.4. The number of amides is 1. The van der Waals surface area contributed by atoms with E-state index in [-0.39, 0.29) is 5.92 Å². The summed E-state index contributed by atoms with van der Waals surface area (Å²) >= 11 is 0. The van der Waals surface area contributed by atoms with Crippen molar-refractivity contribution in [3.05, 3.63) is 23.8 Å². The summed E-state index contributed by atoms with van der Waals surface area (Å²) in [4.78, 5) is 16.0. The third-order valence-electron chi connectivity index (χ3n) is 5.01. The number of hydrogen-bond acceptors (Lipinski definition) is 3. The standard InChI is InChI=1S/C18H26N2O3/c1-3-15(4-2)18(21)20-9-7-19(8-10-20)12-14-5-6-16-17(11-14)23-13-22-16/h5-6,11,15H,3-4,7-10,12-13H2,1-2H3/p+1. The highest BCUT2D eigenvalue weighted by molar-refractivity contribution is 5.78. The Morgan fingerprint density at radius 3 is 2.57 bits per heavy atom. The summed E-state index contributed by atoms with van der Waals surface area (Å²) in [6.45, 7) is 9.28. The van der Waals surface area contributed by atoms with Gasteiger partial charge in [0.2, 0.25) is 12.7 Å². The molecule has 0 aromatic heterocycles. The van der Waals surface area contributed by atoms with Crippen LogP contribution in [0.3, 0.4) is 0 Å². The lowest BCUT2D eigenvalue weighted by Crippen LogP contribution is -3.13. The summed E-state index contributed by atoms with van der Waals surface area (Å²) in [5.74, 6) is 2.23. The van der Waals surface area contributed by atoms with E-state index < -0.39 is 0 Å². The molecule has 1 aromatic rings. The molecule has 0 bridgehead atoms. The minimum absolute atomic E-state index is 0.199. The molecule has 0 aliphatic carbocycles. The third kappa shape index (κ3) is 3.61. The fraction of sp³-hybridized carbons (Fsp3) is 0.611. The van der Waals surface area contributed by atoms with Crippen molar-refractivity contribution < 1.29 is 19.2 Å². The monoisotopic (exact) mass is 319 g/mol. The summed E-state index contributed by atoms with van der Waals surface area (Å²) in [5.41, 5.74) is 1.27. The summed E-state index contributed by atoms with van der Waals surface area (Å²) in [7, 11) is 0. The summed E-state index contributed by atoms with van der Waals surface area (Å²) in [5, 5.41) is 0. The average Bonchev–Trinajstić information content (AvgIpc) is 3.04. The van der Waals surface area contributed by atoms with Gasteiger partial charge in [0.1, 0.15) is 6.54 Å². The van der Waals surface area contributed by atoms with Crippen molar-refractivity contribution in [2.24, 2.45) is 5.92 Å². The lowest BCUT2D eigenvalue weighted by Gasteiger charge is -2.34. The molecule has 0 unspecified atom stereocenters. The number of carbonyl (C=O) groups excluding carboxylic acids is 1. The van der Waals surface area contributed by atoms with Gasteiger partial charge in [-0.05, 0) is 31.0 Å². The van der Waals surface area contributed by atoms with E-state index in [9.17, 15) is 4.79 Å². The maximum absolute atomic E-state index is 12.4. The zero-order valence-electron chi connectivity index (χ0n) is 14.1. The number of nitrogens with one attached hydrogen (secondary N) is 1. The fourth-order valence-electron chi connectivity index (χ4n) is 3.46. The Morgan fingerprint density at radius 2 is 1.87 bits per heavy atom. The van der Waals surface area contributed by atoms with E-state index in [4.69, 9.17) is 9.47 Å². The van der Waals surface area contributed by atoms with E-state index in [2.05, 4.69) is 30.9 Å². The molecule has 2 aliphatic heterocycles. The van der Waals surface area contributed by atoms with Crippen LogP contribution in [0.25, 0.3) is 0 Å². The molecule has 5 heteroatoms. The van der Waals surface area contributed by atoms with Gasteiger partial charge in [0.05, 0.1) is 26.2 Å². The number of hydrogen-bond donors (Lipinski definition) is 1. The number of benzene rings is 1. The van der Waals surface area contributed by atoms with E-state index in [1.165, 1.54) is 10.5 Å². The van der Waals surface area contributed by atoms with Crippen LogP contribution in [0.4, 0.5) is 0 Å². The quantitative estimate of drug-likeness (QED) is 0.883. The van der Waals surface area contributed by atoms with E-state index in [0.29, 0.717) is 12.7 Å². The van der Waals surface area contributed by atoms with Crippen molar-refractivity contribution in [1.82, 2.24) is 4.90 Å². The van der Waals surface area contributed by atoms with Gasteiger partial charge >= 0.3 is 0 Å². The Kier molecular flexibility index (Phi) is 5.06. The van der Waals surface area contributed by atoms with Crippen LogP contribution in [-0.4, -0.2) is 43.8 Å². The predicted octanol–water partition coefficient (Wildman–Crippen LogP) is 1.08. The Bertz CT molecular complexity index is 549. The van der Waals surface area contributed by atoms with Gasteiger partial charge in [0.15, 0.2) is 11.5 Å². The van der Waals surface area contributed by atoms with Gasteiger partial charge in [0.25, 0.3) is 0 Å². The van der Waals surface area contributed by atoms with Crippen LogP contribution in [0.15, 0.2) is 18.2 Å². The summed E-state index contributed by atoms with van der Waals surface area (Å²) < 4.78 is 10.8. The zero-order valence-corrected chi connectivity index (χ0v) is 14.1. The van der Waals surface area contributed by atoms with Crippen LogP contribution in [0.1, 0.15) is 32.3 Å². The van der Waals surface area contributed by atoms with Gasteiger partial charge < -0.3 is 19.3 Å². The Hall–Kier alpha value is -1.75. The van der Waals surface area contributed by atoms with Crippen LogP contribution in [0, 0.1) is 5.92 Å². The molecule has 1 saturated heterocycles. The normalized spacial score (nSPS) is 17.8. The Morgan fingerprint density at radius 1 is 1.17 bits per heavy atom. The smallest absolute Gasteiger partial charge is 0.231 e. The van der Waals surface area contributed by atoms with E-state index in [1.807, 2.05) is 6.07 Å². The minimum atomic E-state index is 0.199. The predicted molar refractivity (Wildman–Crippen MR) is 87.6 cm³/mol. The zero-order chi connectivity index (χ0) is 16.2. The number of piperazine rings is 1. The van der Waals surface area contributed by atoms with Crippen molar-refractivity contribution in [2.75, 3.05) is 33.0 Å². The number of carbonyl (C=O) groups is 1. The third-order valence-corrected chi connectivity index (χ3v) is 5.01. The van der Waals surface area contributed by atoms with Crippen molar-refractivity contribution in [3.8, 4) is 11.5 Å². The molecule has 126 valence electrons. The molecule has 2 aliphatic rings. The van der Waals surface area contributed by atoms with E-state index in [0.717, 1.165) is 57.1 Å². The molecule has 3 rings (SSSR count). The number of quaternary nitrogens is 1. The second-order valence-corrected chi connectivity index (χ2v) is 6.45. The molecular formula is C18H27N2O3+. The van der Waals surface area contributed by atoms with Gasteiger partial charge in [-0.3, -0.25) is 4.79 Å². The number of ether oxygens (including phenoxy) is 2. The lowest BCUT2D eigenvalue weighted by atomic mass is 10.0. The molecule has 5 nitrogen and oxygen atoms in total. The number of nitrogens with zero attached hydrogens (tertiary/aromatic N) is 1. The van der Waals surface area contributed by atoms with E-state index >= 15 is 0 Å². The molecule has 1 N–H and O–H groups in total. The van der Waals surface area contributed by atoms with Crippen LogP contribution in [0.5, 0.6) is 11.5 Å². The highest BCUT2D eigenvalue weighted by Gasteiger charge is 2.27. The molecular weight excluding hydrogens is 292 g/mol. The summed E-state index contributed by atoms with van der Waals surface area (Å²) in [6, 6.07) is 6.18. The van der Waals surface area contributed by atoms with Gasteiger partial charge in [-0.2, -0.15) is 0 Å².